The average molecular weight is 233 g/mol. The maximum absolute atomic E-state index is 10.4. The second kappa shape index (κ2) is 9.11. The van der Waals surface area contributed by atoms with E-state index in [2.05, 4.69) is 6.92 Å². The molecule has 0 unspecified atom stereocenters. The van der Waals surface area contributed by atoms with Crippen LogP contribution in [0.2, 0.25) is 0 Å². The highest BCUT2D eigenvalue weighted by Gasteiger charge is 2.13. The molecule has 0 aromatic rings. The maximum atomic E-state index is 10.4. The van der Waals surface area contributed by atoms with Crippen LogP contribution in [0.25, 0.3) is 0 Å². The van der Waals surface area contributed by atoms with Crippen molar-refractivity contribution in [2.75, 3.05) is 19.7 Å². The number of rotatable bonds is 10. The molecule has 0 heterocycles. The lowest BCUT2D eigenvalue weighted by atomic mass is 10.2. The Morgan fingerprint density at radius 1 is 1.06 bits per heavy atom. The number of hydrogen-bond acceptors (Lipinski definition) is 4. The number of nitrogens with zero attached hydrogens (tertiary/aromatic N) is 1. The number of hydrogen-bond donors (Lipinski definition) is 2. The Hall–Kier alpha value is -1.14. The van der Waals surface area contributed by atoms with Crippen LogP contribution in [0.15, 0.2) is 0 Å². The minimum absolute atomic E-state index is 0.362. The monoisotopic (exact) mass is 233 g/mol. The van der Waals surface area contributed by atoms with Gasteiger partial charge in [-0.1, -0.05) is 26.2 Å². The zero-order valence-corrected chi connectivity index (χ0v) is 9.52. The van der Waals surface area contributed by atoms with Gasteiger partial charge in [-0.25, -0.2) is 0 Å². The minimum atomic E-state index is -1.10. The number of aliphatic carboxylic acids is 2. The fraction of sp³-hybridized carbons (Fsp3) is 0.800. The summed E-state index contributed by atoms with van der Waals surface area (Å²) in [5.41, 5.74) is 0. The summed E-state index contributed by atoms with van der Waals surface area (Å²) in [6.07, 6.45) is 4.02. The number of carboxylic acid groups (broad SMARTS) is 2. The van der Waals surface area contributed by atoms with E-state index in [4.69, 9.17) is 15.1 Å². The second-order valence-corrected chi connectivity index (χ2v) is 3.48. The molecule has 0 spiro atoms. The first-order valence-corrected chi connectivity index (χ1v) is 5.37. The molecule has 0 saturated heterocycles. The lowest BCUT2D eigenvalue weighted by Gasteiger charge is -2.17. The van der Waals surface area contributed by atoms with Crippen molar-refractivity contribution in [1.82, 2.24) is 5.06 Å². The molecule has 94 valence electrons. The summed E-state index contributed by atoms with van der Waals surface area (Å²) in [4.78, 5) is 25.9. The minimum Gasteiger partial charge on any atom is -0.480 e. The van der Waals surface area contributed by atoms with Gasteiger partial charge in [-0.05, 0) is 6.42 Å². The molecule has 16 heavy (non-hydrogen) atoms. The fourth-order valence-electron chi connectivity index (χ4n) is 1.17. The predicted octanol–water partition coefficient (Wildman–Crippen LogP) is 0.970. The Balaban J connectivity index is 3.73. The Morgan fingerprint density at radius 2 is 1.62 bits per heavy atom. The van der Waals surface area contributed by atoms with Gasteiger partial charge in [-0.3, -0.25) is 14.4 Å². The van der Waals surface area contributed by atoms with E-state index in [0.29, 0.717) is 6.61 Å². The first-order chi connectivity index (χ1) is 7.56. The Kier molecular flexibility index (Phi) is 8.46. The lowest BCUT2D eigenvalue weighted by Crippen LogP contribution is -2.34. The summed E-state index contributed by atoms with van der Waals surface area (Å²) in [5.74, 6) is -2.20. The van der Waals surface area contributed by atoms with Crippen LogP contribution in [-0.4, -0.2) is 46.9 Å². The summed E-state index contributed by atoms with van der Waals surface area (Å²) in [5, 5.41) is 18.0. The fourth-order valence-corrected chi connectivity index (χ4v) is 1.17. The zero-order valence-electron chi connectivity index (χ0n) is 9.52. The summed E-state index contributed by atoms with van der Waals surface area (Å²) in [7, 11) is 0. The van der Waals surface area contributed by atoms with E-state index in [1.54, 1.807) is 0 Å². The quantitative estimate of drug-likeness (QED) is 0.432. The smallest absolute Gasteiger partial charge is 0.320 e. The predicted molar refractivity (Wildman–Crippen MR) is 56.9 cm³/mol. The molecule has 0 aromatic carbocycles. The van der Waals surface area contributed by atoms with Gasteiger partial charge in [0.05, 0.1) is 6.61 Å². The number of carboxylic acids is 2. The van der Waals surface area contributed by atoms with Gasteiger partial charge in [-0.2, -0.15) is 5.06 Å². The van der Waals surface area contributed by atoms with Gasteiger partial charge in [0, 0.05) is 0 Å². The van der Waals surface area contributed by atoms with Crippen molar-refractivity contribution in [1.29, 1.82) is 0 Å². The van der Waals surface area contributed by atoms with Gasteiger partial charge < -0.3 is 10.2 Å². The molecular formula is C10H19NO5. The molecule has 0 aromatic heterocycles. The van der Waals surface area contributed by atoms with Gasteiger partial charge in [0.2, 0.25) is 0 Å². The van der Waals surface area contributed by atoms with E-state index in [0.717, 1.165) is 30.7 Å². The van der Waals surface area contributed by atoms with E-state index in [1.807, 2.05) is 0 Å². The third-order valence-electron chi connectivity index (χ3n) is 1.89. The van der Waals surface area contributed by atoms with E-state index < -0.39 is 25.0 Å². The largest absolute Gasteiger partial charge is 0.480 e. The van der Waals surface area contributed by atoms with Crippen LogP contribution in [0, 0.1) is 0 Å². The van der Waals surface area contributed by atoms with E-state index in [-0.39, 0.29) is 0 Å². The maximum Gasteiger partial charge on any atom is 0.320 e. The van der Waals surface area contributed by atoms with Crippen LogP contribution in [0.4, 0.5) is 0 Å². The van der Waals surface area contributed by atoms with Gasteiger partial charge in [0.15, 0.2) is 0 Å². The highest BCUT2D eigenvalue weighted by atomic mass is 16.7. The van der Waals surface area contributed by atoms with Gasteiger partial charge in [-0.15, -0.1) is 0 Å². The van der Waals surface area contributed by atoms with Crippen LogP contribution >= 0.6 is 0 Å². The highest BCUT2D eigenvalue weighted by molar-refractivity contribution is 5.72. The highest BCUT2D eigenvalue weighted by Crippen LogP contribution is 2.00. The molecule has 0 aliphatic carbocycles. The average Bonchev–Trinajstić information content (AvgIpc) is 2.15. The van der Waals surface area contributed by atoms with Crippen molar-refractivity contribution in [3.8, 4) is 0 Å². The molecule has 0 amide bonds. The van der Waals surface area contributed by atoms with E-state index in [1.165, 1.54) is 0 Å². The first-order valence-electron chi connectivity index (χ1n) is 5.37. The first kappa shape index (κ1) is 14.9. The summed E-state index contributed by atoms with van der Waals surface area (Å²) < 4.78 is 0. The van der Waals surface area contributed by atoms with E-state index >= 15 is 0 Å². The molecule has 0 saturated carbocycles. The molecule has 0 fully saturated rings. The van der Waals surface area contributed by atoms with Gasteiger partial charge in [0.25, 0.3) is 0 Å². The molecular weight excluding hydrogens is 214 g/mol. The van der Waals surface area contributed by atoms with Crippen LogP contribution in [0.3, 0.4) is 0 Å². The molecule has 0 aliphatic heterocycles. The van der Waals surface area contributed by atoms with Gasteiger partial charge >= 0.3 is 11.9 Å². The number of carbonyl (C=O) groups is 2. The van der Waals surface area contributed by atoms with Crippen molar-refractivity contribution in [2.24, 2.45) is 0 Å². The van der Waals surface area contributed by atoms with Crippen molar-refractivity contribution < 1.29 is 24.6 Å². The van der Waals surface area contributed by atoms with Crippen molar-refractivity contribution in [2.45, 2.75) is 32.6 Å². The third kappa shape index (κ3) is 9.42. The molecule has 0 bridgehead atoms. The van der Waals surface area contributed by atoms with Crippen LogP contribution in [-0.2, 0) is 14.4 Å². The zero-order chi connectivity index (χ0) is 12.4. The van der Waals surface area contributed by atoms with E-state index in [9.17, 15) is 9.59 Å². The summed E-state index contributed by atoms with van der Waals surface area (Å²) >= 11 is 0. The molecule has 0 atom stereocenters. The third-order valence-corrected chi connectivity index (χ3v) is 1.89. The summed E-state index contributed by atoms with van der Waals surface area (Å²) in [6, 6.07) is 0. The lowest BCUT2D eigenvalue weighted by molar-refractivity contribution is -0.185. The Labute approximate surface area is 94.8 Å². The summed E-state index contributed by atoms with van der Waals surface area (Å²) in [6.45, 7) is 1.61. The van der Waals surface area contributed by atoms with Crippen molar-refractivity contribution >= 4 is 11.9 Å². The Morgan fingerprint density at radius 3 is 2.06 bits per heavy atom. The van der Waals surface area contributed by atoms with Crippen LogP contribution < -0.4 is 0 Å². The van der Waals surface area contributed by atoms with Crippen molar-refractivity contribution in [3.05, 3.63) is 0 Å². The molecule has 6 nitrogen and oxygen atoms in total. The molecule has 0 rings (SSSR count). The molecule has 0 radical (unpaired) electrons. The number of hydroxylamine groups is 2. The SMILES string of the molecule is CCCCCCON(CC(=O)O)CC(=O)O. The topological polar surface area (TPSA) is 87.1 Å². The molecule has 0 aliphatic rings. The molecule has 6 heteroatoms. The van der Waals surface area contributed by atoms with Crippen molar-refractivity contribution in [3.63, 3.8) is 0 Å². The van der Waals surface area contributed by atoms with Crippen LogP contribution in [0.5, 0.6) is 0 Å². The normalized spacial score (nSPS) is 10.6. The van der Waals surface area contributed by atoms with Crippen LogP contribution in [0.1, 0.15) is 32.6 Å². The second-order valence-electron chi connectivity index (χ2n) is 3.48. The standard InChI is InChI=1S/C10H19NO5/c1-2-3-4-5-6-16-11(7-9(12)13)8-10(14)15/h2-8H2,1H3,(H,12,13)(H,14,15). The Bertz CT molecular complexity index is 203. The number of unbranched alkanes of at least 4 members (excludes halogenated alkanes) is 3. The van der Waals surface area contributed by atoms with Gasteiger partial charge in [0.1, 0.15) is 13.1 Å². The molecule has 2 N–H and O–H groups in total.